The summed E-state index contributed by atoms with van der Waals surface area (Å²) in [7, 11) is 1.82. The molecule has 0 aliphatic rings. The summed E-state index contributed by atoms with van der Waals surface area (Å²) in [5.41, 5.74) is -1.63. The number of aliphatic hydroxyl groups is 1. The predicted octanol–water partition coefficient (Wildman–Crippen LogP) is 2.48. The van der Waals surface area contributed by atoms with E-state index in [9.17, 15) is 31.1 Å². The molecule has 0 bridgehead atoms. The van der Waals surface area contributed by atoms with Crippen molar-refractivity contribution >= 4 is 5.97 Å². The molecule has 0 aliphatic carbocycles. The van der Waals surface area contributed by atoms with Gasteiger partial charge in [0.25, 0.3) is 0 Å². The van der Waals surface area contributed by atoms with Gasteiger partial charge in [-0.25, -0.2) is 4.79 Å². The smallest absolute Gasteiger partial charge is 0.455 e. The summed E-state index contributed by atoms with van der Waals surface area (Å²) in [5.74, 6) is -14.6. The number of halogens is 6. The number of carboxylic acids is 1. The minimum Gasteiger partial charge on any atom is -0.493 e. The maximum absolute atomic E-state index is 13.9. The van der Waals surface area contributed by atoms with Gasteiger partial charge in [-0.05, 0) is 12.1 Å². The fourth-order valence-corrected chi connectivity index (χ4v) is 1.71. The number of alkyl halides is 6. The van der Waals surface area contributed by atoms with Crippen LogP contribution in [0.5, 0.6) is 17.2 Å². The van der Waals surface area contributed by atoms with Gasteiger partial charge >= 0.3 is 23.9 Å². The predicted molar refractivity (Wildman–Crippen MR) is 68.7 cm³/mol. The van der Waals surface area contributed by atoms with Gasteiger partial charge in [0.1, 0.15) is 0 Å². The highest BCUT2D eigenvalue weighted by Crippen LogP contribution is 2.51. The SMILES string of the molecule is COc1cc(C(F)(F)C(O)(F)C(F)(F)F)cc(OC)c1OCC(=O)O. The molecule has 0 radical (unpaired) electrons. The van der Waals surface area contributed by atoms with Crippen LogP contribution in [0.3, 0.4) is 0 Å². The van der Waals surface area contributed by atoms with E-state index in [1.54, 1.807) is 0 Å². The average molecular weight is 378 g/mol. The molecular weight excluding hydrogens is 366 g/mol. The van der Waals surface area contributed by atoms with E-state index in [-0.39, 0.29) is 12.1 Å². The maximum atomic E-state index is 13.9. The number of hydrogen-bond donors (Lipinski definition) is 2. The van der Waals surface area contributed by atoms with Gasteiger partial charge in [0.15, 0.2) is 18.1 Å². The third-order valence-electron chi connectivity index (χ3n) is 2.95. The standard InChI is InChI=1S/C13H12F6O6/c1-23-7-3-6(11(14,15)12(16,22)13(17,18)19)4-8(24-2)10(7)25-5-9(20)21/h3-4,22H,5H2,1-2H3,(H,20,21). The Balaban J connectivity index is 3.50. The molecular formula is C13H12F6O6. The summed E-state index contributed by atoms with van der Waals surface area (Å²) in [5, 5.41) is 17.2. The van der Waals surface area contributed by atoms with Gasteiger partial charge in [0.05, 0.1) is 14.2 Å². The summed E-state index contributed by atoms with van der Waals surface area (Å²) in [4.78, 5) is 10.5. The van der Waals surface area contributed by atoms with E-state index in [1.165, 1.54) is 0 Å². The van der Waals surface area contributed by atoms with E-state index in [0.29, 0.717) is 0 Å². The van der Waals surface area contributed by atoms with Crippen LogP contribution in [0, 0.1) is 0 Å². The van der Waals surface area contributed by atoms with Crippen molar-refractivity contribution in [3.8, 4) is 17.2 Å². The zero-order chi connectivity index (χ0) is 19.6. The van der Waals surface area contributed by atoms with Gasteiger partial charge in [-0.2, -0.15) is 26.3 Å². The number of rotatable bonds is 7. The number of hydrogen-bond acceptors (Lipinski definition) is 5. The Morgan fingerprint density at radius 3 is 1.80 bits per heavy atom. The summed E-state index contributed by atoms with van der Waals surface area (Å²) < 4.78 is 92.5. The number of benzene rings is 1. The number of carboxylic acid groups (broad SMARTS) is 1. The van der Waals surface area contributed by atoms with Crippen molar-refractivity contribution in [1.29, 1.82) is 0 Å². The van der Waals surface area contributed by atoms with Crippen LogP contribution in [-0.2, 0) is 10.7 Å². The Morgan fingerprint density at radius 1 is 1.04 bits per heavy atom. The van der Waals surface area contributed by atoms with E-state index in [2.05, 4.69) is 9.47 Å². The van der Waals surface area contributed by atoms with Gasteiger partial charge in [-0.3, -0.25) is 0 Å². The summed E-state index contributed by atoms with van der Waals surface area (Å²) in [6.07, 6.45) is -6.30. The normalized spacial score (nSPS) is 14.6. The molecule has 0 aromatic heterocycles. The van der Waals surface area contributed by atoms with E-state index in [4.69, 9.17) is 14.9 Å². The molecule has 6 nitrogen and oxygen atoms in total. The zero-order valence-electron chi connectivity index (χ0n) is 12.7. The van der Waals surface area contributed by atoms with Gasteiger partial charge < -0.3 is 24.4 Å². The van der Waals surface area contributed by atoms with Crippen molar-refractivity contribution < 1.29 is 55.6 Å². The molecule has 0 fully saturated rings. The molecule has 142 valence electrons. The Bertz CT molecular complexity index is 617. The molecule has 0 spiro atoms. The van der Waals surface area contributed by atoms with E-state index in [0.717, 1.165) is 14.2 Å². The molecule has 0 saturated carbocycles. The van der Waals surface area contributed by atoms with Crippen molar-refractivity contribution in [3.63, 3.8) is 0 Å². The highest BCUT2D eigenvalue weighted by atomic mass is 19.4. The van der Waals surface area contributed by atoms with Gasteiger partial charge in [0, 0.05) is 5.56 Å². The minimum absolute atomic E-state index is 0.260. The molecule has 1 atom stereocenters. The molecule has 0 aliphatic heterocycles. The summed E-state index contributed by atoms with van der Waals surface area (Å²) in [6.45, 7) is -0.946. The number of ether oxygens (including phenoxy) is 3. The lowest BCUT2D eigenvalue weighted by Gasteiger charge is -2.31. The topological polar surface area (TPSA) is 85.2 Å². The maximum Gasteiger partial charge on any atom is 0.455 e. The van der Waals surface area contributed by atoms with Crippen LogP contribution >= 0.6 is 0 Å². The van der Waals surface area contributed by atoms with Crippen molar-refractivity contribution in [2.75, 3.05) is 20.8 Å². The van der Waals surface area contributed by atoms with Crippen LogP contribution < -0.4 is 14.2 Å². The molecule has 1 aromatic rings. The Hall–Kier alpha value is -2.37. The minimum atomic E-state index is -6.30. The van der Waals surface area contributed by atoms with Gasteiger partial charge in [-0.1, -0.05) is 0 Å². The monoisotopic (exact) mass is 378 g/mol. The van der Waals surface area contributed by atoms with E-state index in [1.807, 2.05) is 0 Å². The number of methoxy groups -OCH3 is 2. The van der Waals surface area contributed by atoms with E-state index < -0.39 is 53.3 Å². The highest BCUT2D eigenvalue weighted by Gasteiger charge is 2.71. The molecule has 1 rings (SSSR count). The first-order chi connectivity index (χ1) is 11.3. The summed E-state index contributed by atoms with van der Waals surface area (Å²) in [6, 6.07) is 0.520. The molecule has 0 heterocycles. The fourth-order valence-electron chi connectivity index (χ4n) is 1.71. The van der Waals surface area contributed by atoms with Crippen LogP contribution in [-0.4, -0.2) is 49.0 Å². The molecule has 2 N–H and O–H groups in total. The molecule has 1 aromatic carbocycles. The largest absolute Gasteiger partial charge is 0.493 e. The number of carbonyl (C=O) groups is 1. The van der Waals surface area contributed by atoms with Crippen molar-refractivity contribution in [1.82, 2.24) is 0 Å². The number of aliphatic carboxylic acids is 1. The second-order valence-corrected chi connectivity index (χ2v) is 4.59. The van der Waals surface area contributed by atoms with Gasteiger partial charge in [0.2, 0.25) is 5.75 Å². The van der Waals surface area contributed by atoms with Crippen molar-refractivity contribution in [3.05, 3.63) is 17.7 Å². The first-order valence-electron chi connectivity index (χ1n) is 6.26. The van der Waals surface area contributed by atoms with Crippen molar-refractivity contribution in [2.45, 2.75) is 18.0 Å². The van der Waals surface area contributed by atoms with Crippen LogP contribution in [0.25, 0.3) is 0 Å². The quantitative estimate of drug-likeness (QED) is 0.710. The van der Waals surface area contributed by atoms with Crippen LogP contribution in [0.2, 0.25) is 0 Å². The molecule has 25 heavy (non-hydrogen) atoms. The first-order valence-corrected chi connectivity index (χ1v) is 6.26. The van der Waals surface area contributed by atoms with Crippen LogP contribution in [0.4, 0.5) is 26.3 Å². The Morgan fingerprint density at radius 2 is 1.48 bits per heavy atom. The molecule has 1 unspecified atom stereocenters. The second kappa shape index (κ2) is 6.86. The van der Waals surface area contributed by atoms with Crippen LogP contribution in [0.15, 0.2) is 12.1 Å². The van der Waals surface area contributed by atoms with E-state index >= 15 is 0 Å². The molecule has 12 heteroatoms. The average Bonchev–Trinajstić information content (AvgIpc) is 2.50. The Labute approximate surface area is 136 Å². The first kappa shape index (κ1) is 20.7. The lowest BCUT2D eigenvalue weighted by molar-refractivity contribution is -0.390. The van der Waals surface area contributed by atoms with Gasteiger partial charge in [-0.15, -0.1) is 0 Å². The molecule has 0 saturated heterocycles. The lowest BCUT2D eigenvalue weighted by Crippen LogP contribution is -2.53. The lowest BCUT2D eigenvalue weighted by atomic mass is 9.99. The third-order valence-corrected chi connectivity index (χ3v) is 2.95. The third kappa shape index (κ3) is 3.83. The summed E-state index contributed by atoms with van der Waals surface area (Å²) >= 11 is 0. The zero-order valence-corrected chi connectivity index (χ0v) is 12.7. The Kier molecular flexibility index (Phi) is 5.67. The highest BCUT2D eigenvalue weighted by molar-refractivity contribution is 5.69. The fraction of sp³-hybridized carbons (Fsp3) is 0.462. The second-order valence-electron chi connectivity index (χ2n) is 4.59. The molecule has 0 amide bonds. The van der Waals surface area contributed by atoms with Crippen molar-refractivity contribution in [2.24, 2.45) is 0 Å². The van der Waals surface area contributed by atoms with Crippen LogP contribution in [0.1, 0.15) is 5.56 Å².